The Labute approximate surface area is 107 Å². The van der Waals surface area contributed by atoms with Crippen LogP contribution in [0.25, 0.3) is 0 Å². The number of rotatable bonds is 3. The molecule has 0 aliphatic carbocycles. The van der Waals surface area contributed by atoms with Crippen molar-refractivity contribution in [3.63, 3.8) is 0 Å². The Kier molecular flexibility index (Phi) is 4.15. The number of carbonyl (C=O) groups excluding carboxylic acids is 1. The van der Waals surface area contributed by atoms with Gasteiger partial charge in [0.25, 0.3) is 5.91 Å². The minimum atomic E-state index is -0.131. The zero-order chi connectivity index (χ0) is 13.0. The van der Waals surface area contributed by atoms with E-state index in [2.05, 4.69) is 22.2 Å². The fourth-order valence-electron chi connectivity index (χ4n) is 2.38. The molecular formula is C13H20N4O. The summed E-state index contributed by atoms with van der Waals surface area (Å²) >= 11 is 0. The molecule has 1 amide bonds. The largest absolute Gasteiger partial charge is 0.383 e. The van der Waals surface area contributed by atoms with Crippen LogP contribution in [0.1, 0.15) is 23.2 Å². The van der Waals surface area contributed by atoms with Crippen molar-refractivity contribution >= 4 is 11.7 Å². The van der Waals surface area contributed by atoms with Crippen molar-refractivity contribution in [1.82, 2.24) is 15.2 Å². The lowest BCUT2D eigenvalue weighted by Crippen LogP contribution is -2.39. The molecule has 1 aliphatic rings. The molecule has 0 saturated carbocycles. The van der Waals surface area contributed by atoms with Gasteiger partial charge in [-0.25, -0.2) is 4.98 Å². The van der Waals surface area contributed by atoms with Crippen LogP contribution in [0.4, 0.5) is 5.82 Å². The first-order chi connectivity index (χ1) is 8.66. The fourth-order valence-corrected chi connectivity index (χ4v) is 2.38. The number of carbonyl (C=O) groups is 1. The standard InChI is InChI=1S/C13H20N4O/c1-17-7-3-4-10(9-17)8-16-13(18)11-5-2-6-15-12(11)14/h2,5-6,10H,3-4,7-9H2,1H3,(H2,14,15)(H,16,18). The van der Waals surface area contributed by atoms with Gasteiger partial charge in [-0.15, -0.1) is 0 Å². The Morgan fingerprint density at radius 2 is 2.50 bits per heavy atom. The molecule has 0 spiro atoms. The number of nitrogens with two attached hydrogens (primary N) is 1. The third-order valence-electron chi connectivity index (χ3n) is 3.36. The zero-order valence-electron chi connectivity index (χ0n) is 10.7. The van der Waals surface area contributed by atoms with Crippen molar-refractivity contribution in [3.05, 3.63) is 23.9 Å². The van der Waals surface area contributed by atoms with Gasteiger partial charge in [0.15, 0.2) is 0 Å². The van der Waals surface area contributed by atoms with E-state index in [0.717, 1.165) is 13.1 Å². The Bertz CT molecular complexity index is 421. The number of nitrogens with zero attached hydrogens (tertiary/aromatic N) is 2. The van der Waals surface area contributed by atoms with Crippen molar-refractivity contribution in [1.29, 1.82) is 0 Å². The number of nitrogens with one attached hydrogen (secondary N) is 1. The predicted octanol–water partition coefficient (Wildman–Crippen LogP) is 0.735. The number of amides is 1. The monoisotopic (exact) mass is 248 g/mol. The number of anilines is 1. The minimum absolute atomic E-state index is 0.131. The van der Waals surface area contributed by atoms with Gasteiger partial charge in [-0.05, 0) is 44.5 Å². The molecular weight excluding hydrogens is 228 g/mol. The summed E-state index contributed by atoms with van der Waals surface area (Å²) in [6.45, 7) is 2.90. The molecule has 2 heterocycles. The van der Waals surface area contributed by atoms with Gasteiger partial charge < -0.3 is 16.0 Å². The van der Waals surface area contributed by atoms with Crippen LogP contribution >= 0.6 is 0 Å². The summed E-state index contributed by atoms with van der Waals surface area (Å²) in [6, 6.07) is 3.42. The van der Waals surface area contributed by atoms with E-state index in [4.69, 9.17) is 5.73 Å². The van der Waals surface area contributed by atoms with Crippen molar-refractivity contribution in [2.75, 3.05) is 32.4 Å². The van der Waals surface area contributed by atoms with Gasteiger partial charge >= 0.3 is 0 Å². The summed E-state index contributed by atoms with van der Waals surface area (Å²) in [5.74, 6) is 0.690. The average Bonchev–Trinajstić information content (AvgIpc) is 2.37. The maximum Gasteiger partial charge on any atom is 0.255 e. The third-order valence-corrected chi connectivity index (χ3v) is 3.36. The summed E-state index contributed by atoms with van der Waals surface area (Å²) in [5.41, 5.74) is 6.13. The van der Waals surface area contributed by atoms with E-state index in [1.165, 1.54) is 12.8 Å². The number of hydrogen-bond donors (Lipinski definition) is 2. The van der Waals surface area contributed by atoms with Crippen LogP contribution in [0.5, 0.6) is 0 Å². The second kappa shape index (κ2) is 5.82. The minimum Gasteiger partial charge on any atom is -0.383 e. The molecule has 1 saturated heterocycles. The maximum atomic E-state index is 11.9. The van der Waals surface area contributed by atoms with E-state index >= 15 is 0 Å². The molecule has 1 unspecified atom stereocenters. The lowest BCUT2D eigenvalue weighted by Gasteiger charge is -2.29. The smallest absolute Gasteiger partial charge is 0.255 e. The number of pyridine rings is 1. The zero-order valence-corrected chi connectivity index (χ0v) is 10.7. The predicted molar refractivity (Wildman–Crippen MR) is 71.2 cm³/mol. The van der Waals surface area contributed by atoms with Crippen LogP contribution in [0.15, 0.2) is 18.3 Å². The molecule has 1 aliphatic heterocycles. The summed E-state index contributed by atoms with van der Waals surface area (Å²) in [5, 5.41) is 2.94. The molecule has 18 heavy (non-hydrogen) atoms. The van der Waals surface area contributed by atoms with Crippen molar-refractivity contribution in [2.45, 2.75) is 12.8 Å². The highest BCUT2D eigenvalue weighted by Gasteiger charge is 2.18. The first kappa shape index (κ1) is 12.8. The van der Waals surface area contributed by atoms with Gasteiger partial charge in [0.2, 0.25) is 0 Å². The van der Waals surface area contributed by atoms with Gasteiger partial charge in [-0.2, -0.15) is 0 Å². The van der Waals surface area contributed by atoms with Gasteiger partial charge in [-0.1, -0.05) is 0 Å². The van der Waals surface area contributed by atoms with Crippen LogP contribution in [-0.2, 0) is 0 Å². The van der Waals surface area contributed by atoms with Crippen molar-refractivity contribution < 1.29 is 4.79 Å². The summed E-state index contributed by atoms with van der Waals surface area (Å²) in [7, 11) is 2.12. The summed E-state index contributed by atoms with van der Waals surface area (Å²) in [4.78, 5) is 18.2. The highest BCUT2D eigenvalue weighted by atomic mass is 16.1. The molecule has 1 aromatic rings. The van der Waals surface area contributed by atoms with Gasteiger partial charge in [-0.3, -0.25) is 4.79 Å². The molecule has 0 bridgehead atoms. The van der Waals surface area contributed by atoms with Crippen LogP contribution in [0.2, 0.25) is 0 Å². The molecule has 2 rings (SSSR count). The van der Waals surface area contributed by atoms with E-state index in [-0.39, 0.29) is 11.7 Å². The van der Waals surface area contributed by atoms with E-state index in [0.29, 0.717) is 18.0 Å². The highest BCUT2D eigenvalue weighted by molar-refractivity contribution is 5.98. The van der Waals surface area contributed by atoms with Gasteiger partial charge in [0, 0.05) is 19.3 Å². The molecule has 5 nitrogen and oxygen atoms in total. The van der Waals surface area contributed by atoms with Crippen LogP contribution in [0, 0.1) is 5.92 Å². The maximum absolute atomic E-state index is 11.9. The Hall–Kier alpha value is -1.62. The number of likely N-dealkylation sites (tertiary alicyclic amines) is 1. The third kappa shape index (κ3) is 3.20. The summed E-state index contributed by atoms with van der Waals surface area (Å²) < 4.78 is 0. The first-order valence-corrected chi connectivity index (χ1v) is 6.34. The average molecular weight is 248 g/mol. The van der Waals surface area contributed by atoms with Crippen LogP contribution in [0.3, 0.4) is 0 Å². The molecule has 1 atom stereocenters. The van der Waals surface area contributed by atoms with Gasteiger partial charge in [0.05, 0.1) is 5.56 Å². The second-order valence-electron chi connectivity index (χ2n) is 4.92. The lowest BCUT2D eigenvalue weighted by molar-refractivity contribution is 0.0937. The number of nitrogen functional groups attached to an aromatic ring is 1. The normalized spacial score (nSPS) is 20.6. The molecule has 98 valence electrons. The molecule has 3 N–H and O–H groups in total. The Morgan fingerprint density at radius 3 is 3.22 bits per heavy atom. The number of hydrogen-bond acceptors (Lipinski definition) is 4. The lowest BCUT2D eigenvalue weighted by atomic mass is 9.98. The second-order valence-corrected chi connectivity index (χ2v) is 4.92. The van der Waals surface area contributed by atoms with Gasteiger partial charge in [0.1, 0.15) is 5.82 Å². The SMILES string of the molecule is CN1CCCC(CNC(=O)c2cccnc2N)C1. The topological polar surface area (TPSA) is 71.2 Å². The van der Waals surface area contributed by atoms with E-state index in [1.807, 2.05) is 0 Å². The van der Waals surface area contributed by atoms with E-state index < -0.39 is 0 Å². The van der Waals surface area contributed by atoms with Crippen molar-refractivity contribution in [2.24, 2.45) is 5.92 Å². The van der Waals surface area contributed by atoms with Crippen molar-refractivity contribution in [3.8, 4) is 0 Å². The summed E-state index contributed by atoms with van der Waals surface area (Å²) in [6.07, 6.45) is 3.96. The molecule has 1 aromatic heterocycles. The molecule has 5 heteroatoms. The Balaban J connectivity index is 1.87. The molecule has 0 aromatic carbocycles. The first-order valence-electron chi connectivity index (χ1n) is 6.34. The number of piperidine rings is 1. The molecule has 1 fully saturated rings. The van der Waals surface area contributed by atoms with Crippen LogP contribution < -0.4 is 11.1 Å². The Morgan fingerprint density at radius 1 is 1.67 bits per heavy atom. The quantitative estimate of drug-likeness (QED) is 0.827. The molecule has 0 radical (unpaired) electrons. The number of aromatic nitrogens is 1. The van der Waals surface area contributed by atoms with E-state index in [9.17, 15) is 4.79 Å². The fraction of sp³-hybridized carbons (Fsp3) is 0.538. The van der Waals surface area contributed by atoms with E-state index in [1.54, 1.807) is 18.3 Å². The highest BCUT2D eigenvalue weighted by Crippen LogP contribution is 2.14. The van der Waals surface area contributed by atoms with Crippen LogP contribution in [-0.4, -0.2) is 42.5 Å².